The van der Waals surface area contributed by atoms with Gasteiger partial charge in [-0.15, -0.1) is 0 Å². The van der Waals surface area contributed by atoms with Crippen molar-refractivity contribution in [2.45, 2.75) is 6.54 Å². The number of carbonyl (C=O) groups is 1. The summed E-state index contributed by atoms with van der Waals surface area (Å²) in [6.07, 6.45) is 1.50. The van der Waals surface area contributed by atoms with Crippen molar-refractivity contribution in [1.29, 1.82) is 0 Å². The van der Waals surface area contributed by atoms with Crippen molar-refractivity contribution in [2.24, 2.45) is 0 Å². The van der Waals surface area contributed by atoms with E-state index in [2.05, 4.69) is 14.9 Å². The Morgan fingerprint density at radius 1 is 1.16 bits per heavy atom. The lowest BCUT2D eigenvalue weighted by Gasteiger charge is -2.28. The van der Waals surface area contributed by atoms with Crippen molar-refractivity contribution < 1.29 is 14.6 Å². The van der Waals surface area contributed by atoms with Crippen LogP contribution in [0.25, 0.3) is 11.0 Å². The van der Waals surface area contributed by atoms with Gasteiger partial charge in [0.05, 0.1) is 18.6 Å². The summed E-state index contributed by atoms with van der Waals surface area (Å²) >= 11 is 0. The van der Waals surface area contributed by atoms with Crippen molar-refractivity contribution >= 4 is 22.8 Å². The molecule has 1 aliphatic heterocycles. The Hall–Kier alpha value is -2.93. The van der Waals surface area contributed by atoms with Gasteiger partial charge in [0.15, 0.2) is 0 Å². The second kappa shape index (κ2) is 6.52. The summed E-state index contributed by atoms with van der Waals surface area (Å²) in [4.78, 5) is 22.7. The first kappa shape index (κ1) is 15.6. The minimum atomic E-state index is -0.971. The van der Waals surface area contributed by atoms with Crippen LogP contribution < -0.4 is 4.90 Å². The molecule has 7 nitrogen and oxygen atoms in total. The lowest BCUT2D eigenvalue weighted by molar-refractivity contribution is 0.0686. The molecular formula is C18H18N4O3. The summed E-state index contributed by atoms with van der Waals surface area (Å²) in [5.74, 6) is -0.204. The van der Waals surface area contributed by atoms with Crippen molar-refractivity contribution in [3.05, 3.63) is 54.0 Å². The number of aromatic carboxylic acids is 1. The van der Waals surface area contributed by atoms with Gasteiger partial charge in [-0.05, 0) is 11.6 Å². The number of hydrogen-bond donors (Lipinski definition) is 1. The van der Waals surface area contributed by atoms with Gasteiger partial charge in [-0.3, -0.25) is 0 Å². The van der Waals surface area contributed by atoms with Crippen LogP contribution in [0, 0.1) is 0 Å². The fourth-order valence-electron chi connectivity index (χ4n) is 3.18. The predicted molar refractivity (Wildman–Crippen MR) is 93.1 cm³/mol. The van der Waals surface area contributed by atoms with Gasteiger partial charge in [-0.2, -0.15) is 0 Å². The van der Waals surface area contributed by atoms with Crippen molar-refractivity contribution in [2.75, 3.05) is 31.2 Å². The predicted octanol–water partition coefficient (Wildman–Crippen LogP) is 2.01. The standard InChI is InChI=1S/C18H18N4O3/c23-18(24)15-10-14-16(21-6-8-25-9-7-21)19-12-20-17(14)22(15)11-13-4-2-1-3-5-13/h1-5,10,12H,6-9,11H2,(H,23,24). The number of nitrogens with zero attached hydrogens (tertiary/aromatic N) is 4. The van der Waals surface area contributed by atoms with Crippen LogP contribution in [0.5, 0.6) is 0 Å². The topological polar surface area (TPSA) is 80.5 Å². The molecule has 4 rings (SSSR count). The molecule has 1 aromatic carbocycles. The Balaban J connectivity index is 1.83. The molecule has 1 fully saturated rings. The average molecular weight is 338 g/mol. The molecule has 128 valence electrons. The van der Waals surface area contributed by atoms with E-state index in [1.165, 1.54) is 6.33 Å². The summed E-state index contributed by atoms with van der Waals surface area (Å²) in [6.45, 7) is 3.20. The highest BCUT2D eigenvalue weighted by molar-refractivity contribution is 5.97. The van der Waals surface area contributed by atoms with Crippen molar-refractivity contribution in [1.82, 2.24) is 14.5 Å². The molecule has 0 spiro atoms. The van der Waals surface area contributed by atoms with Gasteiger partial charge in [-0.1, -0.05) is 30.3 Å². The summed E-state index contributed by atoms with van der Waals surface area (Å²) in [5.41, 5.74) is 1.88. The zero-order chi connectivity index (χ0) is 17.2. The van der Waals surface area contributed by atoms with Gasteiger partial charge < -0.3 is 19.3 Å². The number of anilines is 1. The number of rotatable bonds is 4. The van der Waals surface area contributed by atoms with E-state index in [4.69, 9.17) is 4.74 Å². The third-order valence-electron chi connectivity index (χ3n) is 4.38. The smallest absolute Gasteiger partial charge is 0.352 e. The highest BCUT2D eigenvalue weighted by Crippen LogP contribution is 2.27. The minimum absolute atomic E-state index is 0.217. The molecule has 0 atom stereocenters. The van der Waals surface area contributed by atoms with Gasteiger partial charge in [0.2, 0.25) is 0 Å². The van der Waals surface area contributed by atoms with Crippen molar-refractivity contribution in [3.63, 3.8) is 0 Å². The molecule has 2 aromatic heterocycles. The first-order valence-electron chi connectivity index (χ1n) is 8.18. The van der Waals surface area contributed by atoms with E-state index in [0.717, 1.165) is 29.9 Å². The summed E-state index contributed by atoms with van der Waals surface area (Å²) < 4.78 is 7.13. The highest BCUT2D eigenvalue weighted by Gasteiger charge is 2.22. The summed E-state index contributed by atoms with van der Waals surface area (Å²) in [7, 11) is 0. The maximum Gasteiger partial charge on any atom is 0.352 e. The number of morpholine rings is 1. The van der Waals surface area contributed by atoms with E-state index in [0.29, 0.717) is 25.4 Å². The minimum Gasteiger partial charge on any atom is -0.477 e. The molecule has 0 amide bonds. The zero-order valence-electron chi connectivity index (χ0n) is 13.6. The lowest BCUT2D eigenvalue weighted by atomic mass is 10.2. The zero-order valence-corrected chi connectivity index (χ0v) is 13.6. The van der Waals surface area contributed by atoms with Crippen LogP contribution in [0.15, 0.2) is 42.7 Å². The number of ether oxygens (including phenoxy) is 1. The largest absolute Gasteiger partial charge is 0.477 e. The molecule has 0 bridgehead atoms. The van der Waals surface area contributed by atoms with Crippen LogP contribution in [-0.2, 0) is 11.3 Å². The number of fused-ring (bicyclic) bond motifs is 1. The monoisotopic (exact) mass is 338 g/mol. The number of benzene rings is 1. The second-order valence-electron chi connectivity index (χ2n) is 5.94. The molecule has 3 heterocycles. The van der Waals surface area contributed by atoms with Gasteiger partial charge in [-0.25, -0.2) is 14.8 Å². The molecule has 7 heteroatoms. The molecule has 0 radical (unpaired) electrons. The van der Waals surface area contributed by atoms with Gasteiger partial charge in [0.1, 0.15) is 23.5 Å². The van der Waals surface area contributed by atoms with Crippen LogP contribution in [0.2, 0.25) is 0 Å². The van der Waals surface area contributed by atoms with Crippen LogP contribution in [0.4, 0.5) is 5.82 Å². The fourth-order valence-corrected chi connectivity index (χ4v) is 3.18. The Morgan fingerprint density at radius 2 is 1.92 bits per heavy atom. The molecular weight excluding hydrogens is 320 g/mol. The third-order valence-corrected chi connectivity index (χ3v) is 4.38. The number of carboxylic acids is 1. The molecule has 1 saturated heterocycles. The van der Waals surface area contributed by atoms with Gasteiger partial charge in [0, 0.05) is 19.6 Å². The molecule has 0 saturated carbocycles. The first-order valence-corrected chi connectivity index (χ1v) is 8.18. The average Bonchev–Trinajstić information content (AvgIpc) is 3.02. The van der Waals surface area contributed by atoms with E-state index in [-0.39, 0.29) is 5.69 Å². The second-order valence-corrected chi connectivity index (χ2v) is 5.94. The SMILES string of the molecule is O=C(O)c1cc2c(N3CCOCC3)ncnc2n1Cc1ccccc1. The molecule has 0 aliphatic carbocycles. The third kappa shape index (κ3) is 2.94. The Kier molecular flexibility index (Phi) is 4.07. The van der Waals surface area contributed by atoms with E-state index in [1.807, 2.05) is 30.3 Å². The highest BCUT2D eigenvalue weighted by atomic mass is 16.5. The normalized spacial score (nSPS) is 14.8. The number of hydrogen-bond acceptors (Lipinski definition) is 5. The van der Waals surface area contributed by atoms with Crippen LogP contribution in [0.3, 0.4) is 0 Å². The van der Waals surface area contributed by atoms with E-state index < -0.39 is 5.97 Å². The summed E-state index contributed by atoms with van der Waals surface area (Å²) in [6, 6.07) is 11.4. The van der Waals surface area contributed by atoms with Crippen LogP contribution in [0.1, 0.15) is 16.1 Å². The molecule has 1 N–H and O–H groups in total. The number of carboxylic acid groups (broad SMARTS) is 1. The Morgan fingerprint density at radius 3 is 2.64 bits per heavy atom. The number of aromatic nitrogens is 3. The summed E-state index contributed by atoms with van der Waals surface area (Å²) in [5, 5.41) is 10.4. The Bertz CT molecular complexity index is 901. The van der Waals surface area contributed by atoms with E-state index in [9.17, 15) is 9.90 Å². The van der Waals surface area contributed by atoms with E-state index in [1.54, 1.807) is 10.6 Å². The van der Waals surface area contributed by atoms with Crippen LogP contribution >= 0.6 is 0 Å². The fraction of sp³-hybridized carbons (Fsp3) is 0.278. The lowest BCUT2D eigenvalue weighted by Crippen LogP contribution is -2.36. The van der Waals surface area contributed by atoms with Crippen LogP contribution in [-0.4, -0.2) is 51.9 Å². The molecule has 0 unspecified atom stereocenters. The van der Waals surface area contributed by atoms with Crippen molar-refractivity contribution in [3.8, 4) is 0 Å². The van der Waals surface area contributed by atoms with E-state index >= 15 is 0 Å². The maximum atomic E-state index is 11.8. The Labute approximate surface area is 144 Å². The van der Waals surface area contributed by atoms with Gasteiger partial charge >= 0.3 is 5.97 Å². The molecule has 1 aliphatic rings. The maximum absolute atomic E-state index is 11.8. The molecule has 25 heavy (non-hydrogen) atoms. The molecule has 3 aromatic rings. The quantitative estimate of drug-likeness (QED) is 0.784. The van der Waals surface area contributed by atoms with Gasteiger partial charge in [0.25, 0.3) is 0 Å². The first-order chi connectivity index (χ1) is 12.2.